The highest BCUT2D eigenvalue weighted by Gasteiger charge is 2.12. The van der Waals surface area contributed by atoms with Gasteiger partial charge in [-0.05, 0) is 18.2 Å². The molecule has 0 atom stereocenters. The van der Waals surface area contributed by atoms with Crippen molar-refractivity contribution < 1.29 is 17.6 Å². The van der Waals surface area contributed by atoms with Crippen molar-refractivity contribution in [2.45, 2.75) is 0 Å². The van der Waals surface area contributed by atoms with Crippen molar-refractivity contribution in [3.05, 3.63) is 53.7 Å². The molecular formula is C11H5F4N. The van der Waals surface area contributed by atoms with Crippen molar-refractivity contribution in [3.8, 4) is 11.3 Å². The van der Waals surface area contributed by atoms with E-state index < -0.39 is 23.3 Å². The van der Waals surface area contributed by atoms with E-state index in [2.05, 4.69) is 4.98 Å². The molecule has 0 radical (unpaired) electrons. The number of pyridine rings is 1. The Bertz CT molecular complexity index is 516. The van der Waals surface area contributed by atoms with Crippen LogP contribution in [-0.4, -0.2) is 4.98 Å². The quantitative estimate of drug-likeness (QED) is 0.538. The van der Waals surface area contributed by atoms with Crippen LogP contribution in [0.4, 0.5) is 17.6 Å². The van der Waals surface area contributed by atoms with Gasteiger partial charge in [-0.3, -0.25) is 4.98 Å². The van der Waals surface area contributed by atoms with E-state index in [0.717, 1.165) is 30.5 Å². The van der Waals surface area contributed by atoms with Crippen molar-refractivity contribution in [3.63, 3.8) is 0 Å². The maximum absolute atomic E-state index is 12.9. The first-order chi connectivity index (χ1) is 7.58. The standard InChI is InChI=1S/C11H5F4N/c12-7-1-2-16-10(5-7)6-3-8(13)11(15)9(14)4-6/h1-5H. The minimum atomic E-state index is -1.56. The van der Waals surface area contributed by atoms with Gasteiger partial charge in [0.1, 0.15) is 5.82 Å². The van der Waals surface area contributed by atoms with Crippen LogP contribution in [0.3, 0.4) is 0 Å². The first-order valence-corrected chi connectivity index (χ1v) is 4.34. The Balaban J connectivity index is 2.57. The average Bonchev–Trinajstić information content (AvgIpc) is 2.25. The SMILES string of the molecule is Fc1ccnc(-c2cc(F)c(F)c(F)c2)c1. The second-order valence-corrected chi connectivity index (χ2v) is 3.11. The van der Waals surface area contributed by atoms with Crippen LogP contribution >= 0.6 is 0 Å². The Hall–Kier alpha value is -1.91. The lowest BCUT2D eigenvalue weighted by Crippen LogP contribution is -1.93. The molecule has 0 aliphatic carbocycles. The summed E-state index contributed by atoms with van der Waals surface area (Å²) in [7, 11) is 0. The van der Waals surface area contributed by atoms with E-state index >= 15 is 0 Å². The predicted octanol–water partition coefficient (Wildman–Crippen LogP) is 3.31. The fraction of sp³-hybridized carbons (Fsp3) is 0. The van der Waals surface area contributed by atoms with Crippen LogP contribution in [0, 0.1) is 23.3 Å². The molecular weight excluding hydrogens is 222 g/mol. The highest BCUT2D eigenvalue weighted by Crippen LogP contribution is 2.22. The fourth-order valence-electron chi connectivity index (χ4n) is 1.27. The Kier molecular flexibility index (Phi) is 2.60. The molecule has 1 nitrogen and oxygen atoms in total. The highest BCUT2D eigenvalue weighted by molar-refractivity contribution is 5.59. The number of hydrogen-bond acceptors (Lipinski definition) is 1. The Morgan fingerprint density at radius 1 is 0.875 bits per heavy atom. The molecule has 0 aliphatic rings. The zero-order chi connectivity index (χ0) is 11.7. The highest BCUT2D eigenvalue weighted by atomic mass is 19.2. The third kappa shape index (κ3) is 1.88. The van der Waals surface area contributed by atoms with Crippen molar-refractivity contribution in [1.29, 1.82) is 0 Å². The van der Waals surface area contributed by atoms with Crippen LogP contribution in [0.2, 0.25) is 0 Å². The zero-order valence-electron chi connectivity index (χ0n) is 7.85. The van der Waals surface area contributed by atoms with Gasteiger partial charge in [-0.1, -0.05) is 0 Å². The van der Waals surface area contributed by atoms with Crippen molar-refractivity contribution >= 4 is 0 Å². The molecule has 2 rings (SSSR count). The van der Waals surface area contributed by atoms with Crippen LogP contribution in [-0.2, 0) is 0 Å². The largest absolute Gasteiger partial charge is 0.256 e. The van der Waals surface area contributed by atoms with Crippen LogP contribution in [0.15, 0.2) is 30.5 Å². The lowest BCUT2D eigenvalue weighted by atomic mass is 10.1. The van der Waals surface area contributed by atoms with Gasteiger partial charge in [0.05, 0.1) is 5.69 Å². The number of hydrogen-bond donors (Lipinski definition) is 0. The molecule has 16 heavy (non-hydrogen) atoms. The van der Waals surface area contributed by atoms with Gasteiger partial charge in [-0.15, -0.1) is 0 Å². The summed E-state index contributed by atoms with van der Waals surface area (Å²) in [6.07, 6.45) is 1.16. The number of nitrogens with zero attached hydrogens (tertiary/aromatic N) is 1. The monoisotopic (exact) mass is 227 g/mol. The molecule has 0 unspecified atom stereocenters. The van der Waals surface area contributed by atoms with E-state index in [-0.39, 0.29) is 11.3 Å². The molecule has 0 saturated heterocycles. The molecule has 0 bridgehead atoms. The number of aromatic nitrogens is 1. The van der Waals surface area contributed by atoms with Gasteiger partial charge in [-0.2, -0.15) is 0 Å². The minimum Gasteiger partial charge on any atom is -0.256 e. The minimum absolute atomic E-state index is 0.0177. The second kappa shape index (κ2) is 3.92. The lowest BCUT2D eigenvalue weighted by Gasteiger charge is -2.02. The summed E-state index contributed by atoms with van der Waals surface area (Å²) in [5, 5.41) is 0. The van der Waals surface area contributed by atoms with Gasteiger partial charge >= 0.3 is 0 Å². The van der Waals surface area contributed by atoms with Gasteiger partial charge in [0.2, 0.25) is 0 Å². The van der Waals surface area contributed by atoms with E-state index in [4.69, 9.17) is 0 Å². The normalized spacial score (nSPS) is 10.5. The first-order valence-electron chi connectivity index (χ1n) is 4.34. The Morgan fingerprint density at radius 3 is 2.06 bits per heavy atom. The molecule has 0 amide bonds. The molecule has 0 saturated carbocycles. The van der Waals surface area contributed by atoms with E-state index in [0.29, 0.717) is 0 Å². The van der Waals surface area contributed by atoms with Crippen molar-refractivity contribution in [2.75, 3.05) is 0 Å². The summed E-state index contributed by atoms with van der Waals surface area (Å²) in [4.78, 5) is 3.73. The van der Waals surface area contributed by atoms with E-state index in [9.17, 15) is 17.6 Å². The van der Waals surface area contributed by atoms with Gasteiger partial charge in [0.25, 0.3) is 0 Å². The summed E-state index contributed by atoms with van der Waals surface area (Å²) in [6, 6.07) is 3.63. The van der Waals surface area contributed by atoms with Gasteiger partial charge in [0, 0.05) is 17.8 Å². The van der Waals surface area contributed by atoms with Gasteiger partial charge in [-0.25, -0.2) is 17.6 Å². The predicted molar refractivity (Wildman–Crippen MR) is 49.5 cm³/mol. The molecule has 1 aromatic heterocycles. The van der Waals surface area contributed by atoms with E-state index in [1.165, 1.54) is 0 Å². The van der Waals surface area contributed by atoms with Crippen molar-refractivity contribution in [2.24, 2.45) is 0 Å². The van der Waals surface area contributed by atoms with Crippen LogP contribution in [0.5, 0.6) is 0 Å². The fourth-order valence-corrected chi connectivity index (χ4v) is 1.27. The van der Waals surface area contributed by atoms with Gasteiger partial charge in [0.15, 0.2) is 17.5 Å². The zero-order valence-corrected chi connectivity index (χ0v) is 7.85. The molecule has 0 fully saturated rings. The molecule has 1 heterocycles. The maximum atomic E-state index is 12.9. The summed E-state index contributed by atoms with van der Waals surface area (Å²) in [5.41, 5.74) is 0.0219. The van der Waals surface area contributed by atoms with Crippen LogP contribution in [0.25, 0.3) is 11.3 Å². The average molecular weight is 227 g/mol. The second-order valence-electron chi connectivity index (χ2n) is 3.11. The molecule has 0 spiro atoms. The third-order valence-electron chi connectivity index (χ3n) is 2.00. The summed E-state index contributed by atoms with van der Waals surface area (Å²) >= 11 is 0. The van der Waals surface area contributed by atoms with Gasteiger partial charge < -0.3 is 0 Å². The number of rotatable bonds is 1. The smallest absolute Gasteiger partial charge is 0.194 e. The molecule has 0 aliphatic heterocycles. The molecule has 5 heteroatoms. The van der Waals surface area contributed by atoms with Crippen LogP contribution < -0.4 is 0 Å². The topological polar surface area (TPSA) is 12.9 Å². The maximum Gasteiger partial charge on any atom is 0.194 e. The first kappa shape index (κ1) is 10.6. The number of halogens is 4. The van der Waals surface area contributed by atoms with Crippen molar-refractivity contribution in [1.82, 2.24) is 4.98 Å². The summed E-state index contributed by atoms with van der Waals surface area (Å²) in [6.45, 7) is 0. The Morgan fingerprint density at radius 2 is 1.50 bits per heavy atom. The number of benzene rings is 1. The summed E-state index contributed by atoms with van der Waals surface area (Å²) < 4.78 is 51.3. The molecule has 0 N–H and O–H groups in total. The molecule has 1 aromatic carbocycles. The lowest BCUT2D eigenvalue weighted by molar-refractivity contribution is 0.447. The Labute approximate surface area is 88.4 Å². The van der Waals surface area contributed by atoms with E-state index in [1.807, 2.05) is 0 Å². The van der Waals surface area contributed by atoms with E-state index in [1.54, 1.807) is 0 Å². The third-order valence-corrected chi connectivity index (χ3v) is 2.00. The molecule has 82 valence electrons. The van der Waals surface area contributed by atoms with Crippen LogP contribution in [0.1, 0.15) is 0 Å². The summed E-state index contributed by atoms with van der Waals surface area (Å²) in [5.74, 6) is -4.81. The molecule has 2 aromatic rings.